The van der Waals surface area contributed by atoms with E-state index in [9.17, 15) is 14.0 Å². The van der Waals surface area contributed by atoms with Crippen molar-refractivity contribution in [1.82, 2.24) is 10.9 Å². The minimum atomic E-state index is -0.428. The molecule has 2 atom stereocenters. The fraction of sp³-hybridized carbons (Fsp3) is 0.300. The first kappa shape index (κ1) is 17.9. The van der Waals surface area contributed by atoms with Gasteiger partial charge in [0.2, 0.25) is 5.91 Å². The molecule has 2 aromatic carbocycles. The van der Waals surface area contributed by atoms with Crippen LogP contribution in [0.3, 0.4) is 0 Å². The van der Waals surface area contributed by atoms with Crippen molar-refractivity contribution >= 4 is 11.8 Å². The lowest BCUT2D eigenvalue weighted by Crippen LogP contribution is -2.44. The molecule has 2 unspecified atom stereocenters. The smallest absolute Gasteiger partial charge is 0.276 e. The standard InChI is InChI=1S/C20H21FN2O3/c1-2-13-5-3-4-6-18(13)26-12-19(24)22-23-20(25)17-11-16(17)14-7-9-15(21)10-8-14/h3-10,16-17H,2,11-12H2,1H3,(H,22,24)(H,23,25). The number of carbonyl (C=O) groups excluding carboxylic acids is 2. The Labute approximate surface area is 151 Å². The molecule has 0 saturated heterocycles. The second kappa shape index (κ2) is 7.99. The lowest BCUT2D eigenvalue weighted by molar-refractivity contribution is -0.130. The zero-order valence-electron chi connectivity index (χ0n) is 14.5. The lowest BCUT2D eigenvalue weighted by Gasteiger charge is -2.11. The van der Waals surface area contributed by atoms with E-state index in [2.05, 4.69) is 10.9 Å². The third-order valence-electron chi connectivity index (χ3n) is 4.46. The highest BCUT2D eigenvalue weighted by molar-refractivity contribution is 5.86. The van der Waals surface area contributed by atoms with Gasteiger partial charge in [-0.1, -0.05) is 37.3 Å². The Morgan fingerprint density at radius 2 is 1.85 bits per heavy atom. The molecule has 1 aliphatic rings. The first-order valence-electron chi connectivity index (χ1n) is 8.63. The van der Waals surface area contributed by atoms with Crippen molar-refractivity contribution in [1.29, 1.82) is 0 Å². The van der Waals surface area contributed by atoms with E-state index in [1.807, 2.05) is 31.2 Å². The molecule has 0 aliphatic heterocycles. The van der Waals surface area contributed by atoms with Gasteiger partial charge in [-0.2, -0.15) is 0 Å². The Balaban J connectivity index is 1.42. The van der Waals surface area contributed by atoms with Crippen molar-refractivity contribution in [3.05, 3.63) is 65.5 Å². The summed E-state index contributed by atoms with van der Waals surface area (Å²) in [6.07, 6.45) is 1.49. The maximum absolute atomic E-state index is 12.9. The quantitative estimate of drug-likeness (QED) is 0.782. The van der Waals surface area contributed by atoms with E-state index in [1.54, 1.807) is 12.1 Å². The van der Waals surface area contributed by atoms with Crippen LogP contribution in [0.15, 0.2) is 48.5 Å². The molecule has 0 bridgehead atoms. The molecule has 0 radical (unpaired) electrons. The molecular weight excluding hydrogens is 335 g/mol. The molecule has 2 N–H and O–H groups in total. The van der Waals surface area contributed by atoms with Crippen molar-refractivity contribution in [3.8, 4) is 5.75 Å². The molecule has 26 heavy (non-hydrogen) atoms. The van der Waals surface area contributed by atoms with E-state index in [4.69, 9.17) is 4.74 Å². The summed E-state index contributed by atoms with van der Waals surface area (Å²) in [6.45, 7) is 1.83. The number of ether oxygens (including phenoxy) is 1. The number of carbonyl (C=O) groups is 2. The van der Waals surface area contributed by atoms with Gasteiger partial charge in [0, 0.05) is 5.92 Å². The predicted molar refractivity (Wildman–Crippen MR) is 94.8 cm³/mol. The van der Waals surface area contributed by atoms with Crippen molar-refractivity contribution in [2.24, 2.45) is 5.92 Å². The molecule has 1 saturated carbocycles. The van der Waals surface area contributed by atoms with Crippen LogP contribution in [0, 0.1) is 11.7 Å². The molecule has 0 heterocycles. The number of rotatable bonds is 6. The first-order valence-corrected chi connectivity index (χ1v) is 8.63. The van der Waals surface area contributed by atoms with Gasteiger partial charge in [-0.05, 0) is 48.1 Å². The van der Waals surface area contributed by atoms with Crippen LogP contribution < -0.4 is 15.6 Å². The monoisotopic (exact) mass is 356 g/mol. The number of hydrogen-bond donors (Lipinski definition) is 2. The van der Waals surface area contributed by atoms with Gasteiger partial charge in [-0.15, -0.1) is 0 Å². The van der Waals surface area contributed by atoms with Crippen LogP contribution in [0.5, 0.6) is 5.75 Å². The highest BCUT2D eigenvalue weighted by Gasteiger charge is 2.44. The molecule has 1 aliphatic carbocycles. The number of hydrazine groups is 1. The molecule has 0 aromatic heterocycles. The maximum Gasteiger partial charge on any atom is 0.276 e. The third kappa shape index (κ3) is 4.39. The van der Waals surface area contributed by atoms with Crippen LogP contribution >= 0.6 is 0 Å². The lowest BCUT2D eigenvalue weighted by atomic mass is 10.1. The highest BCUT2D eigenvalue weighted by atomic mass is 19.1. The minimum absolute atomic E-state index is 0.0696. The summed E-state index contributed by atoms with van der Waals surface area (Å²) < 4.78 is 18.4. The van der Waals surface area contributed by atoms with Crippen LogP contribution in [0.4, 0.5) is 4.39 Å². The summed E-state index contributed by atoms with van der Waals surface area (Å²) in [5.41, 5.74) is 6.74. The van der Waals surface area contributed by atoms with E-state index >= 15 is 0 Å². The van der Waals surface area contributed by atoms with Crippen LogP contribution in [0.25, 0.3) is 0 Å². The number of halogens is 1. The number of nitrogens with one attached hydrogen (secondary N) is 2. The molecule has 2 amide bonds. The fourth-order valence-corrected chi connectivity index (χ4v) is 2.90. The number of amides is 2. The number of hydrogen-bond acceptors (Lipinski definition) is 3. The Morgan fingerprint density at radius 3 is 2.58 bits per heavy atom. The zero-order chi connectivity index (χ0) is 18.5. The molecule has 3 rings (SSSR count). The minimum Gasteiger partial charge on any atom is -0.483 e. The van der Waals surface area contributed by atoms with E-state index in [0.29, 0.717) is 12.2 Å². The molecule has 1 fully saturated rings. The predicted octanol–water partition coefficient (Wildman–Crippen LogP) is 2.72. The SMILES string of the molecule is CCc1ccccc1OCC(=O)NNC(=O)C1CC1c1ccc(F)cc1. The van der Waals surface area contributed by atoms with Crippen LogP contribution in [-0.4, -0.2) is 18.4 Å². The van der Waals surface area contributed by atoms with Crippen molar-refractivity contribution < 1.29 is 18.7 Å². The average Bonchev–Trinajstić information content (AvgIpc) is 3.46. The molecule has 136 valence electrons. The number of para-hydroxylation sites is 1. The maximum atomic E-state index is 12.9. The van der Waals surface area contributed by atoms with Crippen LogP contribution in [-0.2, 0) is 16.0 Å². The largest absolute Gasteiger partial charge is 0.483 e. The fourth-order valence-electron chi connectivity index (χ4n) is 2.90. The van der Waals surface area contributed by atoms with Crippen molar-refractivity contribution in [2.45, 2.75) is 25.7 Å². The van der Waals surface area contributed by atoms with Gasteiger partial charge in [-0.25, -0.2) is 4.39 Å². The van der Waals surface area contributed by atoms with Gasteiger partial charge in [0.15, 0.2) is 6.61 Å². The van der Waals surface area contributed by atoms with Gasteiger partial charge in [0.25, 0.3) is 5.91 Å². The number of benzene rings is 2. The second-order valence-corrected chi connectivity index (χ2v) is 6.29. The highest BCUT2D eigenvalue weighted by Crippen LogP contribution is 2.47. The zero-order valence-corrected chi connectivity index (χ0v) is 14.5. The number of aryl methyl sites for hydroxylation is 1. The molecule has 5 nitrogen and oxygen atoms in total. The van der Waals surface area contributed by atoms with Gasteiger partial charge in [0.1, 0.15) is 11.6 Å². The van der Waals surface area contributed by atoms with Gasteiger partial charge < -0.3 is 4.74 Å². The van der Waals surface area contributed by atoms with Crippen LogP contribution in [0.2, 0.25) is 0 Å². The van der Waals surface area contributed by atoms with Gasteiger partial charge in [0.05, 0.1) is 0 Å². The summed E-state index contributed by atoms with van der Waals surface area (Å²) >= 11 is 0. The Hall–Kier alpha value is -2.89. The van der Waals surface area contributed by atoms with E-state index in [1.165, 1.54) is 12.1 Å². The molecule has 2 aromatic rings. The summed E-state index contributed by atoms with van der Waals surface area (Å²) in [7, 11) is 0. The average molecular weight is 356 g/mol. The summed E-state index contributed by atoms with van der Waals surface area (Å²) in [5.74, 6) is -0.449. The molecule has 0 spiro atoms. The van der Waals surface area contributed by atoms with Crippen molar-refractivity contribution in [2.75, 3.05) is 6.61 Å². The van der Waals surface area contributed by atoms with Gasteiger partial charge in [-0.3, -0.25) is 20.4 Å². The van der Waals surface area contributed by atoms with E-state index < -0.39 is 5.91 Å². The molecule has 6 heteroatoms. The summed E-state index contributed by atoms with van der Waals surface area (Å²) in [4.78, 5) is 24.0. The van der Waals surface area contributed by atoms with E-state index in [0.717, 1.165) is 17.5 Å². The van der Waals surface area contributed by atoms with E-state index in [-0.39, 0.29) is 30.2 Å². The summed E-state index contributed by atoms with van der Waals surface area (Å²) in [6, 6.07) is 13.7. The first-order chi connectivity index (χ1) is 12.6. The van der Waals surface area contributed by atoms with Gasteiger partial charge >= 0.3 is 0 Å². The summed E-state index contributed by atoms with van der Waals surface area (Å²) in [5, 5.41) is 0. The molecular formula is C20H21FN2O3. The Kier molecular flexibility index (Phi) is 5.51. The Morgan fingerprint density at radius 1 is 1.12 bits per heavy atom. The Bertz CT molecular complexity index is 792. The second-order valence-electron chi connectivity index (χ2n) is 6.29. The third-order valence-corrected chi connectivity index (χ3v) is 4.46. The topological polar surface area (TPSA) is 67.4 Å². The van der Waals surface area contributed by atoms with Crippen molar-refractivity contribution in [3.63, 3.8) is 0 Å². The van der Waals surface area contributed by atoms with Crippen LogP contribution in [0.1, 0.15) is 30.4 Å². The normalized spacial score (nSPS) is 18.1.